The van der Waals surface area contributed by atoms with Crippen LogP contribution < -0.4 is 10.6 Å². The summed E-state index contributed by atoms with van der Waals surface area (Å²) >= 11 is 0. The Kier molecular flexibility index (Phi) is 3.61. The highest BCUT2D eigenvalue weighted by molar-refractivity contribution is 5.59. The minimum atomic E-state index is -4.39. The van der Waals surface area contributed by atoms with E-state index in [1.165, 1.54) is 6.07 Å². The molecule has 0 radical (unpaired) electrons. The van der Waals surface area contributed by atoms with E-state index in [1.54, 1.807) is 6.07 Å². The van der Waals surface area contributed by atoms with Crippen LogP contribution in [-0.4, -0.2) is 23.3 Å². The normalized spacial score (nSPS) is 29.0. The SMILES string of the molecule is NCc1ccc(N2C3CCC2CC(O)C3)c(C(F)(F)F)c1. The van der Waals surface area contributed by atoms with Gasteiger partial charge in [0.05, 0.1) is 11.7 Å². The van der Waals surface area contributed by atoms with E-state index >= 15 is 0 Å². The van der Waals surface area contributed by atoms with Gasteiger partial charge in [-0.2, -0.15) is 13.2 Å². The van der Waals surface area contributed by atoms with Gasteiger partial charge in [-0.15, -0.1) is 0 Å². The van der Waals surface area contributed by atoms with Crippen LogP contribution in [0.2, 0.25) is 0 Å². The second-order valence-corrected chi connectivity index (χ2v) is 5.97. The number of rotatable bonds is 2. The van der Waals surface area contributed by atoms with E-state index in [4.69, 9.17) is 5.73 Å². The molecule has 3 N–H and O–H groups in total. The molecule has 0 spiro atoms. The van der Waals surface area contributed by atoms with Crippen molar-refractivity contribution in [2.24, 2.45) is 5.73 Å². The number of halogens is 3. The lowest BCUT2D eigenvalue weighted by molar-refractivity contribution is -0.137. The minimum absolute atomic E-state index is 0.00331. The highest BCUT2D eigenvalue weighted by atomic mass is 19.4. The number of nitrogens with zero attached hydrogens (tertiary/aromatic N) is 1. The van der Waals surface area contributed by atoms with Crippen molar-refractivity contribution in [3.05, 3.63) is 29.3 Å². The fourth-order valence-corrected chi connectivity index (χ4v) is 3.70. The molecular weight excluding hydrogens is 281 g/mol. The van der Waals surface area contributed by atoms with Crippen LogP contribution in [0, 0.1) is 0 Å². The molecule has 2 heterocycles. The van der Waals surface area contributed by atoms with Crippen molar-refractivity contribution in [1.82, 2.24) is 0 Å². The van der Waals surface area contributed by atoms with Gasteiger partial charge in [0.25, 0.3) is 0 Å². The molecule has 2 aliphatic heterocycles. The highest BCUT2D eigenvalue weighted by Crippen LogP contribution is 2.44. The summed E-state index contributed by atoms with van der Waals surface area (Å²) in [6, 6.07) is 4.36. The number of piperidine rings is 1. The number of hydrogen-bond donors (Lipinski definition) is 2. The van der Waals surface area contributed by atoms with E-state index in [0.29, 0.717) is 18.4 Å². The Labute approximate surface area is 121 Å². The molecule has 0 amide bonds. The molecule has 1 aromatic rings. The van der Waals surface area contributed by atoms with Crippen molar-refractivity contribution in [2.45, 2.75) is 56.6 Å². The third kappa shape index (κ3) is 2.62. The van der Waals surface area contributed by atoms with E-state index in [2.05, 4.69) is 0 Å². The monoisotopic (exact) mass is 300 g/mol. The van der Waals surface area contributed by atoms with Crippen molar-refractivity contribution >= 4 is 5.69 Å². The Morgan fingerprint density at radius 1 is 1.19 bits per heavy atom. The van der Waals surface area contributed by atoms with Crippen LogP contribution in [-0.2, 0) is 12.7 Å². The summed E-state index contributed by atoms with van der Waals surface area (Å²) in [5.41, 5.74) is 5.57. The molecule has 6 heteroatoms. The fourth-order valence-electron chi connectivity index (χ4n) is 3.70. The maximum Gasteiger partial charge on any atom is 0.418 e. The third-order valence-corrected chi connectivity index (χ3v) is 4.59. The van der Waals surface area contributed by atoms with E-state index in [0.717, 1.165) is 18.9 Å². The summed E-state index contributed by atoms with van der Waals surface area (Å²) in [5, 5.41) is 9.80. The summed E-state index contributed by atoms with van der Waals surface area (Å²) < 4.78 is 40.1. The Balaban J connectivity index is 2.02. The van der Waals surface area contributed by atoms with Crippen molar-refractivity contribution in [2.75, 3.05) is 4.90 Å². The predicted molar refractivity (Wildman–Crippen MR) is 73.9 cm³/mol. The molecule has 2 saturated heterocycles. The average Bonchev–Trinajstić information content (AvgIpc) is 2.69. The maximum atomic E-state index is 13.4. The van der Waals surface area contributed by atoms with Gasteiger partial charge in [0.2, 0.25) is 0 Å². The molecule has 0 aromatic heterocycles. The summed E-state index contributed by atoms with van der Waals surface area (Å²) in [7, 11) is 0. The Hall–Kier alpha value is -1.27. The lowest BCUT2D eigenvalue weighted by atomic mass is 9.97. The number of benzene rings is 1. The fraction of sp³-hybridized carbons (Fsp3) is 0.600. The highest BCUT2D eigenvalue weighted by Gasteiger charge is 2.44. The number of alkyl halides is 3. The molecule has 21 heavy (non-hydrogen) atoms. The van der Waals surface area contributed by atoms with Gasteiger partial charge >= 0.3 is 6.18 Å². The van der Waals surface area contributed by atoms with Gasteiger partial charge in [0.1, 0.15) is 0 Å². The van der Waals surface area contributed by atoms with Crippen LogP contribution >= 0.6 is 0 Å². The molecule has 2 aliphatic rings. The number of fused-ring (bicyclic) bond motifs is 2. The predicted octanol–water partition coefficient (Wildman–Crippen LogP) is 2.66. The van der Waals surface area contributed by atoms with E-state index in [-0.39, 0.29) is 24.3 Å². The first-order valence-corrected chi connectivity index (χ1v) is 7.26. The smallest absolute Gasteiger partial charge is 0.393 e. The van der Waals surface area contributed by atoms with Crippen LogP contribution in [0.4, 0.5) is 18.9 Å². The maximum absolute atomic E-state index is 13.4. The van der Waals surface area contributed by atoms with Gasteiger partial charge in [0, 0.05) is 24.3 Å². The quantitative estimate of drug-likeness (QED) is 0.883. The number of hydrogen-bond acceptors (Lipinski definition) is 3. The van der Waals surface area contributed by atoms with Gasteiger partial charge in [-0.25, -0.2) is 0 Å². The lowest BCUT2D eigenvalue weighted by Crippen LogP contribution is -2.45. The van der Waals surface area contributed by atoms with E-state index in [1.807, 2.05) is 4.90 Å². The minimum Gasteiger partial charge on any atom is -0.393 e. The second-order valence-electron chi connectivity index (χ2n) is 5.97. The largest absolute Gasteiger partial charge is 0.418 e. The zero-order valence-corrected chi connectivity index (χ0v) is 11.6. The zero-order chi connectivity index (χ0) is 15.2. The number of anilines is 1. The Morgan fingerprint density at radius 2 is 1.81 bits per heavy atom. The topological polar surface area (TPSA) is 49.5 Å². The average molecular weight is 300 g/mol. The molecule has 2 unspecified atom stereocenters. The van der Waals surface area contributed by atoms with Crippen LogP contribution in [0.15, 0.2) is 18.2 Å². The molecule has 3 rings (SSSR count). The van der Waals surface area contributed by atoms with Gasteiger partial charge in [-0.3, -0.25) is 0 Å². The molecular formula is C15H19F3N2O. The Morgan fingerprint density at radius 3 is 2.33 bits per heavy atom. The zero-order valence-electron chi connectivity index (χ0n) is 11.6. The first-order valence-electron chi connectivity index (χ1n) is 7.26. The van der Waals surface area contributed by atoms with E-state index in [9.17, 15) is 18.3 Å². The summed E-state index contributed by atoms with van der Waals surface area (Å²) in [6.45, 7) is 0.0922. The molecule has 3 nitrogen and oxygen atoms in total. The van der Waals surface area contributed by atoms with Gasteiger partial charge in [-0.05, 0) is 43.4 Å². The summed E-state index contributed by atoms with van der Waals surface area (Å²) in [5.74, 6) is 0. The van der Waals surface area contributed by atoms with Gasteiger partial charge in [0.15, 0.2) is 0 Å². The molecule has 0 aliphatic carbocycles. The molecule has 2 fully saturated rings. The molecule has 2 bridgehead atoms. The van der Waals surface area contributed by atoms with Crippen LogP contribution in [0.25, 0.3) is 0 Å². The first kappa shape index (κ1) is 14.7. The standard InChI is InChI=1S/C15H19F3N2O/c16-15(17,18)13-5-9(8-19)1-4-14(13)20-10-2-3-11(20)7-12(21)6-10/h1,4-5,10-12,21H,2-3,6-8,19H2. The Bertz CT molecular complexity index is 518. The second kappa shape index (κ2) is 5.18. The van der Waals surface area contributed by atoms with E-state index < -0.39 is 17.8 Å². The van der Waals surface area contributed by atoms with Crippen LogP contribution in [0.1, 0.15) is 36.8 Å². The number of aliphatic hydroxyl groups is 1. The molecule has 1 aromatic carbocycles. The molecule has 116 valence electrons. The summed E-state index contributed by atoms with van der Waals surface area (Å²) in [6.07, 6.45) is -2.00. The lowest BCUT2D eigenvalue weighted by Gasteiger charge is -2.40. The molecule has 2 atom stereocenters. The van der Waals surface area contributed by atoms with Crippen LogP contribution in [0.3, 0.4) is 0 Å². The van der Waals surface area contributed by atoms with Crippen molar-refractivity contribution in [3.63, 3.8) is 0 Å². The van der Waals surface area contributed by atoms with Crippen molar-refractivity contribution in [3.8, 4) is 0 Å². The number of aliphatic hydroxyl groups excluding tert-OH is 1. The molecule has 0 saturated carbocycles. The van der Waals surface area contributed by atoms with Gasteiger partial charge < -0.3 is 15.7 Å². The summed E-state index contributed by atoms with van der Waals surface area (Å²) in [4.78, 5) is 1.87. The third-order valence-electron chi connectivity index (χ3n) is 4.59. The number of nitrogens with two attached hydrogens (primary N) is 1. The van der Waals surface area contributed by atoms with Crippen molar-refractivity contribution < 1.29 is 18.3 Å². The van der Waals surface area contributed by atoms with Gasteiger partial charge in [-0.1, -0.05) is 6.07 Å². The van der Waals surface area contributed by atoms with Crippen molar-refractivity contribution in [1.29, 1.82) is 0 Å². The first-order chi connectivity index (χ1) is 9.90. The van der Waals surface area contributed by atoms with Crippen LogP contribution in [0.5, 0.6) is 0 Å².